The number of ether oxygens (including phenoxy) is 3. The normalized spacial score (nSPS) is 25.1. The molecule has 186 valence electrons. The van der Waals surface area contributed by atoms with Gasteiger partial charge in [0.2, 0.25) is 0 Å². The van der Waals surface area contributed by atoms with Gasteiger partial charge in [-0.25, -0.2) is 0 Å². The first-order valence-corrected chi connectivity index (χ1v) is 12.4. The summed E-state index contributed by atoms with van der Waals surface area (Å²) in [6, 6.07) is 10.9. The Morgan fingerprint density at radius 3 is 2.67 bits per heavy atom. The Morgan fingerprint density at radius 1 is 1.12 bits per heavy atom. The second-order valence-corrected chi connectivity index (χ2v) is 9.14. The first kappa shape index (κ1) is 26.7. The summed E-state index contributed by atoms with van der Waals surface area (Å²) in [5.41, 5.74) is 1.24. The van der Waals surface area contributed by atoms with E-state index in [9.17, 15) is 0 Å². The predicted octanol–water partition coefficient (Wildman–Crippen LogP) is 2.85. The van der Waals surface area contributed by atoms with Gasteiger partial charge in [0, 0.05) is 57.2 Å². The van der Waals surface area contributed by atoms with Crippen molar-refractivity contribution in [2.75, 3.05) is 72.3 Å². The minimum absolute atomic E-state index is 0. The Hall–Kier alpha value is -0.940. The third-order valence-electron chi connectivity index (χ3n) is 6.84. The molecule has 7 nitrogen and oxygen atoms in total. The number of benzene rings is 1. The molecule has 1 aromatic rings. The summed E-state index contributed by atoms with van der Waals surface area (Å²) in [7, 11) is 0. The first-order valence-electron chi connectivity index (χ1n) is 12.4. The zero-order chi connectivity index (χ0) is 22.0. The van der Waals surface area contributed by atoms with Crippen molar-refractivity contribution in [3.63, 3.8) is 0 Å². The van der Waals surface area contributed by atoms with E-state index in [0.29, 0.717) is 24.5 Å². The van der Waals surface area contributed by atoms with Crippen LogP contribution in [0.5, 0.6) is 0 Å². The molecule has 0 radical (unpaired) electrons. The second kappa shape index (κ2) is 14.5. The predicted molar refractivity (Wildman–Crippen MR) is 142 cm³/mol. The Balaban J connectivity index is 0.00000306. The van der Waals surface area contributed by atoms with Crippen LogP contribution in [0.3, 0.4) is 0 Å². The molecule has 0 aliphatic carbocycles. The van der Waals surface area contributed by atoms with Gasteiger partial charge in [0.15, 0.2) is 5.96 Å². The highest BCUT2D eigenvalue weighted by Crippen LogP contribution is 2.23. The summed E-state index contributed by atoms with van der Waals surface area (Å²) in [5, 5.41) is 3.54. The van der Waals surface area contributed by atoms with E-state index in [1.807, 2.05) is 6.07 Å². The quantitative estimate of drug-likeness (QED) is 0.279. The lowest BCUT2D eigenvalue weighted by Crippen LogP contribution is -2.49. The topological polar surface area (TPSA) is 58.6 Å². The molecule has 1 aromatic carbocycles. The minimum atomic E-state index is 0. The van der Waals surface area contributed by atoms with Crippen LogP contribution in [0.2, 0.25) is 0 Å². The van der Waals surface area contributed by atoms with Crippen LogP contribution in [-0.2, 0) is 20.8 Å². The standard InChI is InChI=1S/C25H40N4O3.HI/c1-2-26-25(27-16-24(23-9-13-31-20-23)28-11-14-30-15-12-28)29-10-8-22(17-29)19-32-18-21-6-4-3-5-7-21;/h3-7,22-24H,2,8-20H2,1H3,(H,26,27);1H. The van der Waals surface area contributed by atoms with E-state index in [2.05, 4.69) is 46.3 Å². The van der Waals surface area contributed by atoms with Gasteiger partial charge in [-0.3, -0.25) is 9.89 Å². The number of aliphatic imine (C=N–C) groups is 1. The van der Waals surface area contributed by atoms with Crippen molar-refractivity contribution in [3.05, 3.63) is 35.9 Å². The van der Waals surface area contributed by atoms with Crippen molar-refractivity contribution >= 4 is 29.9 Å². The number of hydrogen-bond donors (Lipinski definition) is 1. The highest BCUT2D eigenvalue weighted by molar-refractivity contribution is 14.0. The van der Waals surface area contributed by atoms with Crippen LogP contribution in [-0.4, -0.2) is 94.1 Å². The molecule has 3 atom stereocenters. The summed E-state index contributed by atoms with van der Waals surface area (Å²) in [5.74, 6) is 2.17. The zero-order valence-electron chi connectivity index (χ0n) is 20.0. The summed E-state index contributed by atoms with van der Waals surface area (Å²) in [6.45, 7) is 12.8. The number of rotatable bonds is 9. The number of guanidine groups is 1. The summed E-state index contributed by atoms with van der Waals surface area (Å²) in [4.78, 5) is 10.1. The number of morpholine rings is 1. The lowest BCUT2D eigenvalue weighted by molar-refractivity contribution is 0.00364. The molecule has 1 N–H and O–H groups in total. The summed E-state index contributed by atoms with van der Waals surface area (Å²) in [6.07, 6.45) is 2.29. The third kappa shape index (κ3) is 8.06. The maximum atomic E-state index is 6.02. The smallest absolute Gasteiger partial charge is 0.193 e. The minimum Gasteiger partial charge on any atom is -0.381 e. The lowest BCUT2D eigenvalue weighted by Gasteiger charge is -2.37. The monoisotopic (exact) mass is 572 g/mol. The van der Waals surface area contributed by atoms with Crippen molar-refractivity contribution in [2.24, 2.45) is 16.8 Å². The number of halogens is 1. The molecule has 0 aromatic heterocycles. The molecule has 0 bridgehead atoms. The molecular formula is C25H41IN4O3. The van der Waals surface area contributed by atoms with E-state index < -0.39 is 0 Å². The Labute approximate surface area is 216 Å². The Kier molecular flexibility index (Phi) is 11.7. The van der Waals surface area contributed by atoms with Crippen molar-refractivity contribution in [1.82, 2.24) is 15.1 Å². The van der Waals surface area contributed by atoms with Gasteiger partial charge in [-0.2, -0.15) is 0 Å². The van der Waals surface area contributed by atoms with Crippen LogP contribution in [0.15, 0.2) is 35.3 Å². The van der Waals surface area contributed by atoms with Gasteiger partial charge in [-0.1, -0.05) is 30.3 Å². The number of likely N-dealkylation sites (tertiary alicyclic amines) is 1. The van der Waals surface area contributed by atoms with Gasteiger partial charge in [0.25, 0.3) is 0 Å². The highest BCUT2D eigenvalue weighted by Gasteiger charge is 2.32. The molecule has 3 aliphatic heterocycles. The van der Waals surface area contributed by atoms with Crippen LogP contribution in [0.4, 0.5) is 0 Å². The molecule has 3 unspecified atom stereocenters. The largest absolute Gasteiger partial charge is 0.381 e. The third-order valence-corrected chi connectivity index (χ3v) is 6.84. The van der Waals surface area contributed by atoms with E-state index in [1.165, 1.54) is 5.56 Å². The fourth-order valence-electron chi connectivity index (χ4n) is 5.01. The Bertz CT molecular complexity index is 696. The lowest BCUT2D eigenvalue weighted by atomic mass is 9.97. The fourth-order valence-corrected chi connectivity index (χ4v) is 5.01. The molecule has 8 heteroatoms. The summed E-state index contributed by atoms with van der Waals surface area (Å²) < 4.78 is 17.3. The SMILES string of the molecule is CCNC(=NCC(C1CCOC1)N1CCOCC1)N1CCC(COCc2ccccc2)C1.I. The average Bonchev–Trinajstić information content (AvgIpc) is 3.53. The Morgan fingerprint density at radius 2 is 1.94 bits per heavy atom. The molecule has 0 saturated carbocycles. The van der Waals surface area contributed by atoms with Crippen molar-refractivity contribution in [1.29, 1.82) is 0 Å². The van der Waals surface area contributed by atoms with Crippen LogP contribution in [0.25, 0.3) is 0 Å². The fraction of sp³-hybridized carbons (Fsp3) is 0.720. The van der Waals surface area contributed by atoms with E-state index in [0.717, 1.165) is 91.1 Å². The maximum absolute atomic E-state index is 6.02. The van der Waals surface area contributed by atoms with Crippen LogP contribution in [0, 0.1) is 11.8 Å². The van der Waals surface area contributed by atoms with E-state index in [1.54, 1.807) is 0 Å². The number of nitrogens with zero attached hydrogens (tertiary/aromatic N) is 3. The molecule has 3 fully saturated rings. The number of hydrogen-bond acceptors (Lipinski definition) is 5. The summed E-state index contributed by atoms with van der Waals surface area (Å²) >= 11 is 0. The molecule has 3 aliphatic rings. The van der Waals surface area contributed by atoms with E-state index in [4.69, 9.17) is 19.2 Å². The van der Waals surface area contributed by atoms with Gasteiger partial charge >= 0.3 is 0 Å². The van der Waals surface area contributed by atoms with Crippen molar-refractivity contribution in [2.45, 2.75) is 32.4 Å². The molecule has 0 amide bonds. The zero-order valence-corrected chi connectivity index (χ0v) is 22.3. The van der Waals surface area contributed by atoms with Crippen molar-refractivity contribution in [3.8, 4) is 0 Å². The van der Waals surface area contributed by atoms with Crippen molar-refractivity contribution < 1.29 is 14.2 Å². The van der Waals surface area contributed by atoms with Gasteiger partial charge in [-0.15, -0.1) is 24.0 Å². The van der Waals surface area contributed by atoms with Gasteiger partial charge < -0.3 is 24.4 Å². The van der Waals surface area contributed by atoms with E-state index in [-0.39, 0.29) is 24.0 Å². The first-order chi connectivity index (χ1) is 15.8. The average molecular weight is 573 g/mol. The van der Waals surface area contributed by atoms with Crippen LogP contribution in [0.1, 0.15) is 25.3 Å². The van der Waals surface area contributed by atoms with E-state index >= 15 is 0 Å². The van der Waals surface area contributed by atoms with Gasteiger partial charge in [0.1, 0.15) is 0 Å². The molecule has 33 heavy (non-hydrogen) atoms. The molecular weight excluding hydrogens is 531 g/mol. The highest BCUT2D eigenvalue weighted by atomic mass is 127. The molecule has 4 rings (SSSR count). The number of nitrogens with one attached hydrogen (secondary N) is 1. The maximum Gasteiger partial charge on any atom is 0.193 e. The molecule has 3 saturated heterocycles. The van der Waals surface area contributed by atoms with Gasteiger partial charge in [0.05, 0.1) is 39.6 Å². The molecule has 0 spiro atoms. The van der Waals surface area contributed by atoms with Gasteiger partial charge in [-0.05, 0) is 25.3 Å². The van der Waals surface area contributed by atoms with Crippen LogP contribution >= 0.6 is 24.0 Å². The second-order valence-electron chi connectivity index (χ2n) is 9.14. The van der Waals surface area contributed by atoms with Crippen LogP contribution < -0.4 is 5.32 Å². The molecule has 3 heterocycles.